The minimum Gasteiger partial charge on any atom is -0.393 e. The number of piperidine rings is 1. The lowest BCUT2D eigenvalue weighted by Gasteiger charge is -2.37. The van der Waals surface area contributed by atoms with E-state index < -0.39 is 0 Å². The lowest BCUT2D eigenvalue weighted by molar-refractivity contribution is 0.0786. The summed E-state index contributed by atoms with van der Waals surface area (Å²) in [6.45, 7) is 13.1. The molecule has 3 N–H and O–H groups in total. The molecule has 242 valence electrons. The highest BCUT2D eigenvalue weighted by molar-refractivity contribution is 5.99. The van der Waals surface area contributed by atoms with E-state index >= 15 is 0 Å². The van der Waals surface area contributed by atoms with Crippen molar-refractivity contribution in [3.63, 3.8) is 0 Å². The zero-order chi connectivity index (χ0) is 31.9. The van der Waals surface area contributed by atoms with Gasteiger partial charge < -0.3 is 25.0 Å². The number of hydrogen-bond acceptors (Lipinski definition) is 7. The summed E-state index contributed by atoms with van der Waals surface area (Å²) >= 11 is 0. The van der Waals surface area contributed by atoms with E-state index in [4.69, 9.17) is 9.72 Å². The van der Waals surface area contributed by atoms with Crippen molar-refractivity contribution in [3.05, 3.63) is 80.5 Å². The van der Waals surface area contributed by atoms with Crippen LogP contribution in [0.15, 0.2) is 41.3 Å². The molecule has 4 heterocycles. The Labute approximate surface area is 267 Å². The van der Waals surface area contributed by atoms with Crippen molar-refractivity contribution in [1.82, 2.24) is 20.2 Å². The number of pyridine rings is 2. The molecule has 2 fully saturated rings. The van der Waals surface area contributed by atoms with Gasteiger partial charge in [0.25, 0.3) is 11.5 Å². The van der Waals surface area contributed by atoms with Crippen LogP contribution in [-0.2, 0) is 24.2 Å². The minimum absolute atomic E-state index is 0.145. The zero-order valence-electron chi connectivity index (χ0n) is 27.3. The molecule has 0 unspecified atom stereocenters. The van der Waals surface area contributed by atoms with Crippen LogP contribution in [0.4, 0.5) is 5.69 Å². The van der Waals surface area contributed by atoms with Crippen LogP contribution in [-0.4, -0.2) is 70.9 Å². The van der Waals surface area contributed by atoms with Crippen LogP contribution in [0.2, 0.25) is 0 Å². The quantitative estimate of drug-likeness (QED) is 0.282. The second-order valence-corrected chi connectivity index (χ2v) is 12.6. The van der Waals surface area contributed by atoms with E-state index in [9.17, 15) is 14.7 Å². The number of aromatic nitrogens is 2. The molecule has 1 amide bonds. The molecule has 0 bridgehead atoms. The maximum absolute atomic E-state index is 13.9. The number of benzene rings is 1. The van der Waals surface area contributed by atoms with E-state index in [2.05, 4.69) is 52.1 Å². The third-order valence-electron chi connectivity index (χ3n) is 9.32. The van der Waals surface area contributed by atoms with Gasteiger partial charge in [0.15, 0.2) is 0 Å². The molecule has 2 aromatic heterocycles. The number of aromatic amines is 1. The highest BCUT2D eigenvalue weighted by atomic mass is 16.5. The Hall–Kier alpha value is -3.53. The number of aliphatic hydroxyl groups excluding tert-OH is 1. The molecule has 9 heteroatoms. The molecule has 2 aliphatic rings. The largest absolute Gasteiger partial charge is 0.393 e. The molecule has 0 radical (unpaired) electrons. The molecule has 0 atom stereocenters. The van der Waals surface area contributed by atoms with Crippen molar-refractivity contribution in [3.8, 4) is 11.1 Å². The van der Waals surface area contributed by atoms with Crippen molar-refractivity contribution in [2.45, 2.75) is 91.5 Å². The number of ether oxygens (including phenoxy) is 1. The van der Waals surface area contributed by atoms with Gasteiger partial charge in [-0.2, -0.15) is 0 Å². The zero-order valence-corrected chi connectivity index (χ0v) is 27.3. The van der Waals surface area contributed by atoms with E-state index in [1.54, 1.807) is 0 Å². The Balaban J connectivity index is 1.45. The summed E-state index contributed by atoms with van der Waals surface area (Å²) in [4.78, 5) is 39.2. The monoisotopic (exact) mass is 615 g/mol. The predicted octanol–water partition coefficient (Wildman–Crippen LogP) is 4.90. The Morgan fingerprint density at radius 1 is 1.09 bits per heavy atom. The Morgan fingerprint density at radius 3 is 2.51 bits per heavy atom. The van der Waals surface area contributed by atoms with Gasteiger partial charge in [-0.05, 0) is 93.8 Å². The standard InChI is InChI=1S/C36H49N5O4/c1-5-7-26-18-24(3)39-36(44)33(26)22-38-35(43)32-19-28(20-34(25(32)4)41(6-2)30-12-16-45-17-13-30)27-8-9-29(37-21-27)23-40-14-10-31(42)11-15-40/h8-9,18-21,30-31,42H,5-7,10-17,22-23H2,1-4H3,(H,38,43)(H,39,44). The molecule has 5 rings (SSSR count). The number of aryl methyl sites for hydroxylation is 2. The van der Waals surface area contributed by atoms with Crippen molar-refractivity contribution in [1.29, 1.82) is 0 Å². The third-order valence-corrected chi connectivity index (χ3v) is 9.32. The van der Waals surface area contributed by atoms with Crippen LogP contribution in [0.25, 0.3) is 11.1 Å². The lowest BCUT2D eigenvalue weighted by atomic mass is 9.95. The number of anilines is 1. The number of aliphatic hydroxyl groups is 1. The smallest absolute Gasteiger partial charge is 0.253 e. The maximum Gasteiger partial charge on any atom is 0.253 e. The summed E-state index contributed by atoms with van der Waals surface area (Å²) in [5, 5.41) is 12.9. The van der Waals surface area contributed by atoms with E-state index in [1.165, 1.54) is 0 Å². The Bertz CT molecular complexity index is 1510. The van der Waals surface area contributed by atoms with Crippen molar-refractivity contribution in [2.24, 2.45) is 0 Å². The first-order chi connectivity index (χ1) is 21.8. The van der Waals surface area contributed by atoms with E-state index in [0.717, 1.165) is 117 Å². The lowest BCUT2D eigenvalue weighted by Crippen LogP contribution is -2.40. The average molecular weight is 616 g/mol. The number of carbonyl (C=O) groups excluding carboxylic acids is 1. The van der Waals surface area contributed by atoms with E-state index in [0.29, 0.717) is 17.2 Å². The van der Waals surface area contributed by atoms with Gasteiger partial charge in [0.2, 0.25) is 0 Å². The van der Waals surface area contributed by atoms with Gasteiger partial charge in [-0.3, -0.25) is 19.5 Å². The van der Waals surface area contributed by atoms with Crippen LogP contribution >= 0.6 is 0 Å². The predicted molar refractivity (Wildman–Crippen MR) is 179 cm³/mol. The summed E-state index contributed by atoms with van der Waals surface area (Å²) in [5.74, 6) is -0.196. The number of amides is 1. The van der Waals surface area contributed by atoms with Crippen LogP contribution in [0.5, 0.6) is 0 Å². The maximum atomic E-state index is 13.9. The number of H-pyrrole nitrogens is 1. The topological polar surface area (TPSA) is 111 Å². The summed E-state index contributed by atoms with van der Waals surface area (Å²) in [5.41, 5.74) is 7.73. The summed E-state index contributed by atoms with van der Waals surface area (Å²) in [6, 6.07) is 10.6. The molecule has 2 aliphatic heterocycles. The van der Waals surface area contributed by atoms with Crippen LogP contribution < -0.4 is 15.8 Å². The van der Waals surface area contributed by atoms with Gasteiger partial charge in [0.1, 0.15) is 0 Å². The second-order valence-electron chi connectivity index (χ2n) is 12.6. The normalized spacial score (nSPS) is 16.6. The van der Waals surface area contributed by atoms with Crippen molar-refractivity contribution in [2.75, 3.05) is 37.7 Å². The molecule has 45 heavy (non-hydrogen) atoms. The molecular weight excluding hydrogens is 566 g/mol. The fraction of sp³-hybridized carbons (Fsp3) is 0.528. The summed E-state index contributed by atoms with van der Waals surface area (Å²) in [6.07, 6.45) is 6.90. The highest BCUT2D eigenvalue weighted by Gasteiger charge is 2.25. The highest BCUT2D eigenvalue weighted by Crippen LogP contribution is 2.34. The molecule has 9 nitrogen and oxygen atoms in total. The first-order valence-corrected chi connectivity index (χ1v) is 16.6. The third kappa shape index (κ3) is 8.01. The summed E-state index contributed by atoms with van der Waals surface area (Å²) in [7, 11) is 0. The number of nitrogens with one attached hydrogen (secondary N) is 2. The molecule has 2 saturated heterocycles. The fourth-order valence-electron chi connectivity index (χ4n) is 6.75. The molecule has 0 aliphatic carbocycles. The van der Waals surface area contributed by atoms with Gasteiger partial charge in [-0.1, -0.05) is 19.4 Å². The first kappa shape index (κ1) is 32.9. The average Bonchev–Trinajstić information content (AvgIpc) is 3.04. The van der Waals surface area contributed by atoms with E-state index in [-0.39, 0.29) is 24.1 Å². The second kappa shape index (κ2) is 15.2. The molecule has 3 aromatic rings. The number of rotatable bonds is 11. The van der Waals surface area contributed by atoms with Crippen LogP contribution in [0.1, 0.15) is 84.4 Å². The van der Waals surface area contributed by atoms with Crippen LogP contribution in [0, 0.1) is 13.8 Å². The fourth-order valence-corrected chi connectivity index (χ4v) is 6.75. The van der Waals surface area contributed by atoms with Gasteiger partial charge in [0, 0.05) is 86.2 Å². The number of nitrogens with zero attached hydrogens (tertiary/aromatic N) is 3. The Kier molecular flexibility index (Phi) is 11.1. The van der Waals surface area contributed by atoms with E-state index in [1.807, 2.05) is 32.2 Å². The van der Waals surface area contributed by atoms with Gasteiger partial charge in [0.05, 0.1) is 11.8 Å². The van der Waals surface area contributed by atoms with Crippen molar-refractivity contribution < 1.29 is 14.6 Å². The van der Waals surface area contributed by atoms with Crippen molar-refractivity contribution >= 4 is 11.6 Å². The molecule has 0 spiro atoms. The molecular formula is C36H49N5O4. The number of hydrogen-bond donors (Lipinski definition) is 3. The molecule has 0 saturated carbocycles. The SMILES string of the molecule is CCCc1cc(C)[nH]c(=O)c1CNC(=O)c1cc(-c2ccc(CN3CCC(O)CC3)nc2)cc(N(CC)C2CCOCC2)c1C. The van der Waals surface area contributed by atoms with Gasteiger partial charge >= 0.3 is 0 Å². The van der Waals surface area contributed by atoms with Gasteiger partial charge in [-0.15, -0.1) is 0 Å². The summed E-state index contributed by atoms with van der Waals surface area (Å²) < 4.78 is 5.66. The van der Waals surface area contributed by atoms with Gasteiger partial charge in [-0.25, -0.2) is 0 Å². The van der Waals surface area contributed by atoms with Crippen LogP contribution in [0.3, 0.4) is 0 Å². The number of likely N-dealkylation sites (tertiary alicyclic amines) is 1. The Morgan fingerprint density at radius 2 is 1.84 bits per heavy atom. The first-order valence-electron chi connectivity index (χ1n) is 16.6. The number of carbonyl (C=O) groups is 1. The molecule has 1 aromatic carbocycles. The minimum atomic E-state index is -0.196.